The number of ether oxygens (including phenoxy) is 2. The summed E-state index contributed by atoms with van der Waals surface area (Å²) in [5, 5.41) is 8.63. The molecule has 4 rings (SSSR count). The Labute approximate surface area is 151 Å². The summed E-state index contributed by atoms with van der Waals surface area (Å²) in [5.41, 5.74) is 2.52. The quantitative estimate of drug-likeness (QED) is 0.821. The van der Waals surface area contributed by atoms with E-state index in [1.807, 2.05) is 0 Å². The van der Waals surface area contributed by atoms with Gasteiger partial charge >= 0.3 is 0 Å². The summed E-state index contributed by atoms with van der Waals surface area (Å²) in [6, 6.07) is 2.12. The number of piperidine rings is 1. The summed E-state index contributed by atoms with van der Waals surface area (Å²) in [5.74, 6) is 1.36. The standard InChI is InChI=1S/C20H31N3O2/c1-2-7-19-17(5-1)13-20(22-21-19)25-15-16-8-10-23(11-9-16)14-18-6-3-4-12-24-18/h13,16,18H,1-12,14-15H2. The molecule has 0 spiro atoms. The van der Waals surface area contributed by atoms with Gasteiger partial charge in [0.1, 0.15) is 0 Å². The van der Waals surface area contributed by atoms with E-state index in [0.29, 0.717) is 12.0 Å². The van der Waals surface area contributed by atoms with E-state index in [4.69, 9.17) is 9.47 Å². The van der Waals surface area contributed by atoms with Gasteiger partial charge in [-0.1, -0.05) is 0 Å². The van der Waals surface area contributed by atoms with Crippen molar-refractivity contribution >= 4 is 0 Å². The number of hydrogen-bond acceptors (Lipinski definition) is 5. The maximum Gasteiger partial charge on any atom is 0.233 e. The van der Waals surface area contributed by atoms with Crippen molar-refractivity contribution < 1.29 is 9.47 Å². The summed E-state index contributed by atoms with van der Waals surface area (Å²) >= 11 is 0. The summed E-state index contributed by atoms with van der Waals surface area (Å²) in [6.07, 6.45) is 11.4. The summed E-state index contributed by atoms with van der Waals surface area (Å²) < 4.78 is 11.9. The predicted octanol–water partition coefficient (Wildman–Crippen LogP) is 3.02. The number of fused-ring (bicyclic) bond motifs is 1. The van der Waals surface area contributed by atoms with Crippen molar-refractivity contribution in [2.45, 2.75) is 63.9 Å². The molecule has 5 heteroatoms. The van der Waals surface area contributed by atoms with E-state index in [1.54, 1.807) is 0 Å². The molecule has 0 radical (unpaired) electrons. The second-order valence-corrected chi connectivity index (χ2v) is 7.91. The smallest absolute Gasteiger partial charge is 0.233 e. The third-order valence-electron chi connectivity index (χ3n) is 5.96. The van der Waals surface area contributed by atoms with Gasteiger partial charge in [-0.15, -0.1) is 5.10 Å². The second kappa shape index (κ2) is 8.45. The van der Waals surface area contributed by atoms with Gasteiger partial charge in [-0.05, 0) is 82.4 Å². The van der Waals surface area contributed by atoms with Crippen LogP contribution in [0.4, 0.5) is 0 Å². The third kappa shape index (κ3) is 4.70. The molecule has 3 heterocycles. The predicted molar refractivity (Wildman–Crippen MR) is 96.9 cm³/mol. The fraction of sp³-hybridized carbons (Fsp3) is 0.800. The molecule has 2 saturated heterocycles. The van der Waals surface area contributed by atoms with E-state index in [9.17, 15) is 0 Å². The zero-order valence-corrected chi connectivity index (χ0v) is 15.3. The number of likely N-dealkylation sites (tertiary alicyclic amines) is 1. The average molecular weight is 345 g/mol. The molecule has 1 aromatic heterocycles. The molecule has 25 heavy (non-hydrogen) atoms. The molecule has 1 aliphatic carbocycles. The van der Waals surface area contributed by atoms with E-state index in [-0.39, 0.29) is 0 Å². The Kier molecular flexibility index (Phi) is 5.83. The van der Waals surface area contributed by atoms with Gasteiger partial charge < -0.3 is 14.4 Å². The van der Waals surface area contributed by atoms with Crippen LogP contribution < -0.4 is 4.74 Å². The van der Waals surface area contributed by atoms with E-state index >= 15 is 0 Å². The fourth-order valence-electron chi connectivity index (χ4n) is 4.32. The molecule has 1 atom stereocenters. The molecule has 1 unspecified atom stereocenters. The third-order valence-corrected chi connectivity index (χ3v) is 5.96. The van der Waals surface area contributed by atoms with Crippen molar-refractivity contribution in [3.63, 3.8) is 0 Å². The highest BCUT2D eigenvalue weighted by molar-refractivity contribution is 5.26. The Bertz CT molecular complexity index is 552. The highest BCUT2D eigenvalue weighted by atomic mass is 16.5. The van der Waals surface area contributed by atoms with Crippen LogP contribution in [-0.4, -0.2) is 54.0 Å². The maximum absolute atomic E-state index is 5.98. The van der Waals surface area contributed by atoms with E-state index in [0.717, 1.165) is 38.5 Å². The number of aryl methyl sites for hydroxylation is 2. The minimum Gasteiger partial charge on any atom is -0.476 e. The van der Waals surface area contributed by atoms with Crippen LogP contribution in [0.25, 0.3) is 0 Å². The summed E-state index contributed by atoms with van der Waals surface area (Å²) in [4.78, 5) is 2.57. The lowest BCUT2D eigenvalue weighted by Crippen LogP contribution is -2.41. The van der Waals surface area contributed by atoms with Gasteiger partial charge in [0, 0.05) is 19.2 Å². The average Bonchev–Trinajstić information content (AvgIpc) is 2.68. The molecule has 0 bridgehead atoms. The first-order chi connectivity index (χ1) is 12.4. The van der Waals surface area contributed by atoms with Gasteiger partial charge in [-0.2, -0.15) is 5.10 Å². The summed E-state index contributed by atoms with van der Waals surface area (Å²) in [6.45, 7) is 5.19. The first kappa shape index (κ1) is 17.2. The van der Waals surface area contributed by atoms with Gasteiger partial charge in [0.05, 0.1) is 18.4 Å². The lowest BCUT2D eigenvalue weighted by atomic mass is 9.96. The Hall–Kier alpha value is -1.20. The Morgan fingerprint density at radius 2 is 1.92 bits per heavy atom. The molecule has 1 aromatic rings. The lowest BCUT2D eigenvalue weighted by molar-refractivity contribution is -0.0125. The van der Waals surface area contributed by atoms with Gasteiger partial charge in [0.2, 0.25) is 5.88 Å². The minimum absolute atomic E-state index is 0.465. The van der Waals surface area contributed by atoms with Gasteiger partial charge in [-0.3, -0.25) is 0 Å². The van der Waals surface area contributed by atoms with Crippen molar-refractivity contribution in [2.24, 2.45) is 5.92 Å². The topological polar surface area (TPSA) is 47.5 Å². The van der Waals surface area contributed by atoms with E-state index in [1.165, 1.54) is 69.3 Å². The lowest BCUT2D eigenvalue weighted by Gasteiger charge is -2.35. The van der Waals surface area contributed by atoms with Crippen LogP contribution in [0.2, 0.25) is 0 Å². The van der Waals surface area contributed by atoms with Crippen LogP contribution in [0.15, 0.2) is 6.07 Å². The molecule has 0 aromatic carbocycles. The fourth-order valence-corrected chi connectivity index (χ4v) is 4.32. The van der Waals surface area contributed by atoms with Crippen molar-refractivity contribution in [2.75, 3.05) is 32.8 Å². The number of rotatable bonds is 5. The first-order valence-corrected chi connectivity index (χ1v) is 10.2. The molecular formula is C20H31N3O2. The zero-order valence-electron chi connectivity index (χ0n) is 15.3. The molecule has 3 aliphatic rings. The molecule has 0 N–H and O–H groups in total. The van der Waals surface area contributed by atoms with Gasteiger partial charge in [0.25, 0.3) is 0 Å². The number of nitrogens with zero attached hydrogens (tertiary/aromatic N) is 3. The molecule has 2 fully saturated rings. The number of hydrogen-bond donors (Lipinski definition) is 0. The molecular weight excluding hydrogens is 314 g/mol. The summed E-state index contributed by atoms with van der Waals surface area (Å²) in [7, 11) is 0. The highest BCUT2D eigenvalue weighted by Gasteiger charge is 2.24. The van der Waals surface area contributed by atoms with Gasteiger partial charge in [-0.25, -0.2) is 0 Å². The maximum atomic E-state index is 5.98. The van der Waals surface area contributed by atoms with Crippen molar-refractivity contribution in [1.82, 2.24) is 15.1 Å². The Morgan fingerprint density at radius 3 is 2.76 bits per heavy atom. The molecule has 0 saturated carbocycles. The molecule has 0 amide bonds. The molecule has 138 valence electrons. The number of aromatic nitrogens is 2. The normalized spacial score (nSPS) is 25.5. The largest absolute Gasteiger partial charge is 0.476 e. The zero-order chi connectivity index (χ0) is 16.9. The Morgan fingerprint density at radius 1 is 1.04 bits per heavy atom. The monoisotopic (exact) mass is 345 g/mol. The molecule has 5 nitrogen and oxygen atoms in total. The van der Waals surface area contributed by atoms with Crippen LogP contribution in [0, 0.1) is 5.92 Å². The highest BCUT2D eigenvalue weighted by Crippen LogP contribution is 2.24. The van der Waals surface area contributed by atoms with Crippen molar-refractivity contribution in [1.29, 1.82) is 0 Å². The van der Waals surface area contributed by atoms with Gasteiger partial charge in [0.15, 0.2) is 0 Å². The van der Waals surface area contributed by atoms with E-state index in [2.05, 4.69) is 21.2 Å². The van der Waals surface area contributed by atoms with Crippen molar-refractivity contribution in [3.05, 3.63) is 17.3 Å². The van der Waals surface area contributed by atoms with Crippen LogP contribution in [0.5, 0.6) is 5.88 Å². The van der Waals surface area contributed by atoms with Crippen LogP contribution in [0.3, 0.4) is 0 Å². The second-order valence-electron chi connectivity index (χ2n) is 7.91. The minimum atomic E-state index is 0.465. The molecule has 2 aliphatic heterocycles. The Balaban J connectivity index is 1.20. The SMILES string of the molecule is c1c(OCC2CCN(CC3CCCCO3)CC2)nnc2c1CCCC2. The van der Waals surface area contributed by atoms with Crippen LogP contribution in [-0.2, 0) is 17.6 Å². The van der Waals surface area contributed by atoms with Crippen molar-refractivity contribution in [3.8, 4) is 5.88 Å². The van der Waals surface area contributed by atoms with Crippen LogP contribution in [0.1, 0.15) is 56.2 Å². The first-order valence-electron chi connectivity index (χ1n) is 10.2. The van der Waals surface area contributed by atoms with E-state index < -0.39 is 0 Å². The van der Waals surface area contributed by atoms with Crippen LogP contribution >= 0.6 is 0 Å².